The molecule has 1 amide bonds. The normalized spacial score (nSPS) is 14.5. The van der Waals surface area contributed by atoms with Gasteiger partial charge in [0.25, 0.3) is 7.82 Å². The number of rotatable bonds is 11. The Morgan fingerprint density at radius 1 is 1.24 bits per heavy atom. The molecule has 0 heterocycles. The van der Waals surface area contributed by atoms with Gasteiger partial charge in [0.05, 0.1) is 27.7 Å². The summed E-state index contributed by atoms with van der Waals surface area (Å²) in [5, 5.41) is 2.66. The van der Waals surface area contributed by atoms with E-state index in [0.717, 1.165) is 0 Å². The average Bonchev–Trinajstić information content (AvgIpc) is 2.30. The number of hydrogen-bond acceptors (Lipinski definition) is 5. The highest BCUT2D eigenvalue weighted by Crippen LogP contribution is 2.38. The molecule has 7 nitrogen and oxygen atoms in total. The van der Waals surface area contributed by atoms with E-state index in [1.165, 1.54) is 0 Å². The van der Waals surface area contributed by atoms with Crippen LogP contribution in [0.5, 0.6) is 0 Å². The zero-order valence-corrected chi connectivity index (χ0v) is 14.3. The Labute approximate surface area is 127 Å². The van der Waals surface area contributed by atoms with Crippen molar-refractivity contribution in [2.45, 2.75) is 19.8 Å². The summed E-state index contributed by atoms with van der Waals surface area (Å²) in [6, 6.07) is 0. The standard InChI is InChI=1S/C13H27N2O5P/c1-12(2)13(16)14-8-6-7-10-19-21(17,18)20-11-9-15(3,4)5/h1,6-11H2,2-5H3,(H-,14,16,17,18). The Bertz CT molecular complexity index is 393. The number of nitrogens with zero attached hydrogens (tertiary/aromatic N) is 1. The van der Waals surface area contributed by atoms with Crippen LogP contribution in [0.1, 0.15) is 19.8 Å². The lowest BCUT2D eigenvalue weighted by atomic mass is 10.3. The van der Waals surface area contributed by atoms with E-state index in [2.05, 4.69) is 11.9 Å². The molecule has 124 valence electrons. The Morgan fingerprint density at radius 3 is 2.33 bits per heavy atom. The molecule has 0 saturated heterocycles. The summed E-state index contributed by atoms with van der Waals surface area (Å²) in [6.45, 7) is 6.32. The molecule has 0 rings (SSSR count). The first-order valence-corrected chi connectivity index (χ1v) is 8.34. The van der Waals surface area contributed by atoms with Gasteiger partial charge in [0.1, 0.15) is 13.2 Å². The van der Waals surface area contributed by atoms with Gasteiger partial charge in [0, 0.05) is 12.1 Å². The third kappa shape index (κ3) is 12.7. The highest BCUT2D eigenvalue weighted by atomic mass is 31.2. The van der Waals surface area contributed by atoms with E-state index in [9.17, 15) is 14.3 Å². The highest BCUT2D eigenvalue weighted by Gasteiger charge is 2.13. The second kappa shape index (κ2) is 9.33. The number of quaternary nitrogens is 1. The van der Waals surface area contributed by atoms with Crippen molar-refractivity contribution in [1.29, 1.82) is 0 Å². The Morgan fingerprint density at radius 2 is 1.81 bits per heavy atom. The van der Waals surface area contributed by atoms with Crippen LogP contribution in [-0.4, -0.2) is 57.8 Å². The summed E-state index contributed by atoms with van der Waals surface area (Å²) < 4.78 is 21.6. The van der Waals surface area contributed by atoms with E-state index in [1.807, 2.05) is 21.1 Å². The van der Waals surface area contributed by atoms with Gasteiger partial charge >= 0.3 is 0 Å². The summed E-state index contributed by atoms with van der Waals surface area (Å²) in [6.07, 6.45) is 1.14. The minimum atomic E-state index is -4.22. The summed E-state index contributed by atoms with van der Waals surface area (Å²) in [5.41, 5.74) is 0.445. The third-order valence-corrected chi connectivity index (χ3v) is 3.50. The lowest BCUT2D eigenvalue weighted by molar-refractivity contribution is -0.870. The van der Waals surface area contributed by atoms with Gasteiger partial charge in [-0.05, 0) is 19.8 Å². The second-order valence-electron chi connectivity index (χ2n) is 5.87. The fourth-order valence-corrected chi connectivity index (χ4v) is 1.95. The van der Waals surface area contributed by atoms with Crippen LogP contribution in [0.2, 0.25) is 0 Å². The fraction of sp³-hybridized carbons (Fsp3) is 0.769. The van der Waals surface area contributed by atoms with Crippen LogP contribution in [0.25, 0.3) is 0 Å². The number of phosphoric acid groups is 1. The Kier molecular flexibility index (Phi) is 9.01. The number of nitrogens with one attached hydrogen (secondary N) is 1. The molecule has 0 saturated carbocycles. The predicted molar refractivity (Wildman–Crippen MR) is 79.5 cm³/mol. The van der Waals surface area contributed by atoms with E-state index in [0.29, 0.717) is 36.0 Å². The fourth-order valence-electron chi connectivity index (χ4n) is 1.22. The quantitative estimate of drug-likeness (QED) is 0.261. The Balaban J connectivity index is 3.68. The molecular formula is C13H27N2O5P. The van der Waals surface area contributed by atoms with Gasteiger partial charge in [-0.3, -0.25) is 9.36 Å². The number of phosphoric ester groups is 1. The molecule has 0 fully saturated rings. The molecule has 0 aromatic carbocycles. The molecule has 1 unspecified atom stereocenters. The lowest BCUT2D eigenvalue weighted by Crippen LogP contribution is -2.37. The van der Waals surface area contributed by atoms with Crippen molar-refractivity contribution in [2.75, 3.05) is 47.4 Å². The van der Waals surface area contributed by atoms with Gasteiger partial charge in [-0.25, -0.2) is 0 Å². The molecule has 0 aliphatic carbocycles. The molecule has 0 spiro atoms. The van der Waals surface area contributed by atoms with Crippen LogP contribution in [0, 0.1) is 0 Å². The first-order valence-electron chi connectivity index (χ1n) is 6.88. The number of unbranched alkanes of at least 4 members (excludes halogenated alkanes) is 1. The predicted octanol–water partition coefficient (Wildman–Crippen LogP) is 0.667. The van der Waals surface area contributed by atoms with Crippen molar-refractivity contribution >= 4 is 13.7 Å². The zero-order valence-electron chi connectivity index (χ0n) is 13.4. The largest absolute Gasteiger partial charge is 0.756 e. The maximum Gasteiger partial charge on any atom is 0.268 e. The Hall–Kier alpha value is -0.720. The molecular weight excluding hydrogens is 295 g/mol. The van der Waals surface area contributed by atoms with Gasteiger partial charge in [0.2, 0.25) is 5.91 Å². The zero-order chi connectivity index (χ0) is 16.5. The molecule has 0 aromatic rings. The summed E-state index contributed by atoms with van der Waals surface area (Å²) in [4.78, 5) is 22.6. The van der Waals surface area contributed by atoms with Crippen LogP contribution in [-0.2, 0) is 18.4 Å². The van der Waals surface area contributed by atoms with E-state index < -0.39 is 7.82 Å². The van der Waals surface area contributed by atoms with Gasteiger partial charge in [0.15, 0.2) is 0 Å². The minimum absolute atomic E-state index is 0.0497. The first-order chi connectivity index (χ1) is 9.53. The van der Waals surface area contributed by atoms with Gasteiger partial charge < -0.3 is 23.7 Å². The average molecular weight is 322 g/mol. The number of hydrogen-bond donors (Lipinski definition) is 1. The smallest absolute Gasteiger partial charge is 0.268 e. The van der Waals surface area contributed by atoms with Crippen molar-refractivity contribution in [2.24, 2.45) is 0 Å². The molecule has 0 aromatic heterocycles. The van der Waals surface area contributed by atoms with Crippen molar-refractivity contribution in [3.05, 3.63) is 12.2 Å². The van der Waals surface area contributed by atoms with Crippen LogP contribution < -0.4 is 10.2 Å². The molecule has 0 bridgehead atoms. The highest BCUT2D eigenvalue weighted by molar-refractivity contribution is 7.45. The van der Waals surface area contributed by atoms with Gasteiger partial charge in [-0.2, -0.15) is 0 Å². The van der Waals surface area contributed by atoms with E-state index in [4.69, 9.17) is 9.05 Å². The number of likely N-dealkylation sites (N-methyl/N-ethyl adjacent to an activating group) is 1. The molecule has 8 heteroatoms. The summed E-state index contributed by atoms with van der Waals surface area (Å²) >= 11 is 0. The van der Waals surface area contributed by atoms with Crippen LogP contribution >= 0.6 is 7.82 Å². The van der Waals surface area contributed by atoms with Crippen LogP contribution in [0.4, 0.5) is 0 Å². The topological polar surface area (TPSA) is 87.7 Å². The molecule has 21 heavy (non-hydrogen) atoms. The summed E-state index contributed by atoms with van der Waals surface area (Å²) in [5.74, 6) is -0.200. The lowest BCUT2D eigenvalue weighted by Gasteiger charge is -2.27. The number of amides is 1. The summed E-state index contributed by atoms with van der Waals surface area (Å²) in [7, 11) is 1.61. The minimum Gasteiger partial charge on any atom is -0.756 e. The van der Waals surface area contributed by atoms with Crippen molar-refractivity contribution < 1.29 is 27.8 Å². The van der Waals surface area contributed by atoms with E-state index in [-0.39, 0.29) is 19.1 Å². The van der Waals surface area contributed by atoms with Crippen LogP contribution in [0.3, 0.4) is 0 Å². The first kappa shape index (κ1) is 20.3. The maximum atomic E-state index is 11.4. The van der Waals surface area contributed by atoms with Gasteiger partial charge in [-0.15, -0.1) is 0 Å². The SMILES string of the molecule is C=C(C)C(=O)NCCCCOP(=O)([O-])OCC[N+](C)(C)C. The number of carbonyl (C=O) groups is 1. The molecule has 0 aliphatic rings. The van der Waals surface area contributed by atoms with Crippen LogP contribution in [0.15, 0.2) is 12.2 Å². The second-order valence-corrected chi connectivity index (χ2v) is 7.28. The van der Waals surface area contributed by atoms with Gasteiger partial charge in [-0.1, -0.05) is 6.58 Å². The molecule has 1 N–H and O–H groups in total. The van der Waals surface area contributed by atoms with Crippen molar-refractivity contribution in [1.82, 2.24) is 5.32 Å². The number of carbonyl (C=O) groups excluding carboxylic acids is 1. The van der Waals surface area contributed by atoms with Crippen molar-refractivity contribution in [3.63, 3.8) is 0 Å². The molecule has 1 atom stereocenters. The molecule has 0 radical (unpaired) electrons. The van der Waals surface area contributed by atoms with Crippen molar-refractivity contribution in [3.8, 4) is 0 Å². The molecule has 0 aliphatic heterocycles. The van der Waals surface area contributed by atoms with E-state index in [1.54, 1.807) is 6.92 Å². The van der Waals surface area contributed by atoms with E-state index >= 15 is 0 Å². The third-order valence-electron chi connectivity index (χ3n) is 2.51. The maximum absolute atomic E-state index is 11.4. The monoisotopic (exact) mass is 322 g/mol.